The average Bonchev–Trinajstić information content (AvgIpc) is 2.35. The lowest BCUT2D eigenvalue weighted by molar-refractivity contribution is 0.498. The van der Waals surface area contributed by atoms with Gasteiger partial charge in [-0.05, 0) is 37.1 Å². The summed E-state index contributed by atoms with van der Waals surface area (Å²) in [6.45, 7) is 5.46. The molecule has 0 saturated carbocycles. The molecule has 0 saturated heterocycles. The minimum Gasteiger partial charge on any atom is -0.310 e. The molecule has 0 aliphatic carbocycles. The van der Waals surface area contributed by atoms with Crippen molar-refractivity contribution < 1.29 is 0 Å². The zero-order valence-electron chi connectivity index (χ0n) is 11.3. The normalized spacial score (nSPS) is 12.7. The van der Waals surface area contributed by atoms with Gasteiger partial charge in [-0.15, -0.1) is 0 Å². The maximum atomic E-state index is 6.24. The quantitative estimate of drug-likeness (QED) is 0.613. The first kappa shape index (κ1) is 15.8. The molecule has 0 amide bonds. The van der Waals surface area contributed by atoms with Gasteiger partial charge in [-0.2, -0.15) is 0 Å². The summed E-state index contributed by atoms with van der Waals surface area (Å²) in [7, 11) is 0. The van der Waals surface area contributed by atoms with Crippen LogP contribution in [0.5, 0.6) is 0 Å². The highest BCUT2D eigenvalue weighted by atomic mass is 35.5. The Bertz CT molecular complexity index is 352. The summed E-state index contributed by atoms with van der Waals surface area (Å²) in [6.07, 6.45) is 6.17. The van der Waals surface area contributed by atoms with Gasteiger partial charge in [0.15, 0.2) is 0 Å². The zero-order chi connectivity index (χ0) is 13.4. The van der Waals surface area contributed by atoms with Gasteiger partial charge in [0.25, 0.3) is 0 Å². The second-order valence-electron chi connectivity index (χ2n) is 4.64. The van der Waals surface area contributed by atoms with Crippen LogP contribution in [0.1, 0.15) is 57.6 Å². The summed E-state index contributed by atoms with van der Waals surface area (Å²) in [5.41, 5.74) is 1.15. The van der Waals surface area contributed by atoms with E-state index in [9.17, 15) is 0 Å². The number of nitrogens with one attached hydrogen (secondary N) is 1. The fourth-order valence-corrected chi connectivity index (χ4v) is 2.63. The van der Waals surface area contributed by atoms with E-state index in [0.717, 1.165) is 23.6 Å². The topological polar surface area (TPSA) is 12.0 Å². The third-order valence-electron chi connectivity index (χ3n) is 3.17. The summed E-state index contributed by atoms with van der Waals surface area (Å²) in [5, 5.41) is 5.03. The standard InChI is InChI=1S/C15H23Cl2N/c1-3-5-6-7-10-18-15(4-2)13-9-8-12(16)11-14(13)17/h8-9,11,15,18H,3-7,10H2,1-2H3. The van der Waals surface area contributed by atoms with Crippen molar-refractivity contribution in [1.29, 1.82) is 0 Å². The van der Waals surface area contributed by atoms with E-state index < -0.39 is 0 Å². The summed E-state index contributed by atoms with van der Waals surface area (Å²) < 4.78 is 0. The van der Waals surface area contributed by atoms with Crippen LogP contribution in [0, 0.1) is 0 Å². The average molecular weight is 288 g/mol. The maximum Gasteiger partial charge on any atom is 0.0468 e. The molecule has 3 heteroatoms. The van der Waals surface area contributed by atoms with E-state index in [0.29, 0.717) is 11.1 Å². The summed E-state index contributed by atoms with van der Waals surface area (Å²) in [4.78, 5) is 0. The lowest BCUT2D eigenvalue weighted by Gasteiger charge is -2.19. The highest BCUT2D eigenvalue weighted by Gasteiger charge is 2.12. The van der Waals surface area contributed by atoms with Crippen molar-refractivity contribution in [3.8, 4) is 0 Å². The Morgan fingerprint density at radius 2 is 1.89 bits per heavy atom. The van der Waals surface area contributed by atoms with E-state index in [-0.39, 0.29) is 0 Å². The molecule has 1 N–H and O–H groups in total. The van der Waals surface area contributed by atoms with E-state index in [1.807, 2.05) is 18.2 Å². The van der Waals surface area contributed by atoms with Crippen LogP contribution in [0.3, 0.4) is 0 Å². The predicted molar refractivity (Wildman–Crippen MR) is 81.6 cm³/mol. The molecule has 1 unspecified atom stereocenters. The molecule has 1 aromatic carbocycles. The summed E-state index contributed by atoms with van der Waals surface area (Å²) in [5.74, 6) is 0. The Labute approximate surface area is 121 Å². The molecule has 0 radical (unpaired) electrons. The molecular weight excluding hydrogens is 265 g/mol. The molecule has 0 fully saturated rings. The number of benzene rings is 1. The molecule has 0 spiro atoms. The van der Waals surface area contributed by atoms with Gasteiger partial charge in [-0.25, -0.2) is 0 Å². The minimum absolute atomic E-state index is 0.330. The van der Waals surface area contributed by atoms with Crippen LogP contribution in [-0.2, 0) is 0 Å². The van der Waals surface area contributed by atoms with Crippen LogP contribution in [0.15, 0.2) is 18.2 Å². The fourth-order valence-electron chi connectivity index (χ4n) is 2.09. The SMILES string of the molecule is CCCCCCNC(CC)c1ccc(Cl)cc1Cl. The Morgan fingerprint density at radius 1 is 1.11 bits per heavy atom. The van der Waals surface area contributed by atoms with Crippen molar-refractivity contribution in [2.45, 2.75) is 52.0 Å². The van der Waals surface area contributed by atoms with E-state index in [1.165, 1.54) is 25.7 Å². The van der Waals surface area contributed by atoms with E-state index in [4.69, 9.17) is 23.2 Å². The molecule has 0 aliphatic heterocycles. The Kier molecular flexibility index (Phi) is 7.73. The monoisotopic (exact) mass is 287 g/mol. The molecule has 0 bridgehead atoms. The van der Waals surface area contributed by atoms with Crippen molar-refractivity contribution in [3.05, 3.63) is 33.8 Å². The number of rotatable bonds is 8. The summed E-state index contributed by atoms with van der Waals surface area (Å²) in [6, 6.07) is 6.08. The van der Waals surface area contributed by atoms with E-state index in [2.05, 4.69) is 19.2 Å². The molecule has 18 heavy (non-hydrogen) atoms. The van der Waals surface area contributed by atoms with Crippen LogP contribution >= 0.6 is 23.2 Å². The molecule has 1 atom stereocenters. The molecule has 0 heterocycles. The number of hydrogen-bond donors (Lipinski definition) is 1. The van der Waals surface area contributed by atoms with Gasteiger partial charge in [0, 0.05) is 16.1 Å². The highest BCUT2D eigenvalue weighted by Crippen LogP contribution is 2.27. The van der Waals surface area contributed by atoms with Crippen LogP contribution in [0.25, 0.3) is 0 Å². The molecule has 1 rings (SSSR count). The Hall–Kier alpha value is -0.240. The second-order valence-corrected chi connectivity index (χ2v) is 5.49. The summed E-state index contributed by atoms with van der Waals surface area (Å²) >= 11 is 12.2. The van der Waals surface area contributed by atoms with Crippen molar-refractivity contribution >= 4 is 23.2 Å². The lowest BCUT2D eigenvalue weighted by atomic mass is 10.0. The number of halogens is 2. The Morgan fingerprint density at radius 3 is 2.50 bits per heavy atom. The Balaban J connectivity index is 2.49. The maximum absolute atomic E-state index is 6.24. The molecule has 1 aromatic rings. The molecule has 1 nitrogen and oxygen atoms in total. The minimum atomic E-state index is 0.330. The molecule has 0 aromatic heterocycles. The predicted octanol–water partition coefficient (Wildman–Crippen LogP) is 5.61. The van der Waals surface area contributed by atoms with E-state index >= 15 is 0 Å². The van der Waals surface area contributed by atoms with Crippen LogP contribution in [0.2, 0.25) is 10.0 Å². The molecular formula is C15H23Cl2N. The zero-order valence-corrected chi connectivity index (χ0v) is 12.8. The van der Waals surface area contributed by atoms with Gasteiger partial charge < -0.3 is 5.32 Å². The number of unbranched alkanes of at least 4 members (excludes halogenated alkanes) is 3. The smallest absolute Gasteiger partial charge is 0.0468 e. The third kappa shape index (κ3) is 5.17. The molecule has 0 aliphatic rings. The second kappa shape index (κ2) is 8.79. The van der Waals surface area contributed by atoms with Crippen LogP contribution < -0.4 is 5.32 Å². The first-order valence-electron chi connectivity index (χ1n) is 6.87. The van der Waals surface area contributed by atoms with Gasteiger partial charge >= 0.3 is 0 Å². The van der Waals surface area contributed by atoms with E-state index in [1.54, 1.807) is 0 Å². The van der Waals surface area contributed by atoms with Crippen molar-refractivity contribution in [3.63, 3.8) is 0 Å². The van der Waals surface area contributed by atoms with Gasteiger partial charge in [0.1, 0.15) is 0 Å². The fraction of sp³-hybridized carbons (Fsp3) is 0.600. The van der Waals surface area contributed by atoms with Crippen molar-refractivity contribution in [2.24, 2.45) is 0 Å². The first-order valence-corrected chi connectivity index (χ1v) is 7.63. The third-order valence-corrected chi connectivity index (χ3v) is 3.73. The lowest BCUT2D eigenvalue weighted by Crippen LogP contribution is -2.22. The van der Waals surface area contributed by atoms with Crippen LogP contribution in [0.4, 0.5) is 0 Å². The van der Waals surface area contributed by atoms with Gasteiger partial charge in [0.2, 0.25) is 0 Å². The highest BCUT2D eigenvalue weighted by molar-refractivity contribution is 6.35. The molecule has 102 valence electrons. The first-order chi connectivity index (χ1) is 8.69. The largest absolute Gasteiger partial charge is 0.310 e. The van der Waals surface area contributed by atoms with Gasteiger partial charge in [0.05, 0.1) is 0 Å². The van der Waals surface area contributed by atoms with Crippen molar-refractivity contribution in [2.75, 3.05) is 6.54 Å². The number of hydrogen-bond acceptors (Lipinski definition) is 1. The van der Waals surface area contributed by atoms with Crippen LogP contribution in [-0.4, -0.2) is 6.54 Å². The van der Waals surface area contributed by atoms with Crippen molar-refractivity contribution in [1.82, 2.24) is 5.32 Å². The van der Waals surface area contributed by atoms with Gasteiger partial charge in [-0.3, -0.25) is 0 Å². The van der Waals surface area contributed by atoms with Gasteiger partial charge in [-0.1, -0.05) is 62.4 Å².